The topological polar surface area (TPSA) is 58.9 Å². The van der Waals surface area contributed by atoms with Crippen molar-refractivity contribution in [2.24, 2.45) is 0 Å². The van der Waals surface area contributed by atoms with Crippen molar-refractivity contribution in [1.29, 1.82) is 0 Å². The van der Waals surface area contributed by atoms with Crippen molar-refractivity contribution in [2.45, 2.75) is 12.8 Å². The molecule has 0 saturated carbocycles. The molecule has 2 N–H and O–H groups in total. The van der Waals surface area contributed by atoms with E-state index in [1.54, 1.807) is 0 Å². The SMILES string of the molecule is OCCc1c(O)c(F)cc2c1OCCCO2. The van der Waals surface area contributed by atoms with E-state index in [1.165, 1.54) is 0 Å². The average Bonchev–Trinajstić information content (AvgIpc) is 2.50. The maximum atomic E-state index is 13.4. The Kier molecular flexibility index (Phi) is 3.14. The van der Waals surface area contributed by atoms with E-state index in [2.05, 4.69) is 0 Å². The predicted octanol–water partition coefficient (Wildman–Crippen LogP) is 1.23. The maximum absolute atomic E-state index is 13.4. The summed E-state index contributed by atoms with van der Waals surface area (Å²) in [6.07, 6.45) is 0.838. The monoisotopic (exact) mass is 228 g/mol. The lowest BCUT2D eigenvalue weighted by molar-refractivity contribution is 0.283. The van der Waals surface area contributed by atoms with Crippen molar-refractivity contribution < 1.29 is 24.1 Å². The summed E-state index contributed by atoms with van der Waals surface area (Å²) in [6, 6.07) is 1.11. The van der Waals surface area contributed by atoms with Gasteiger partial charge in [-0.3, -0.25) is 0 Å². The van der Waals surface area contributed by atoms with Crippen molar-refractivity contribution in [3.63, 3.8) is 0 Å². The Morgan fingerprint density at radius 2 is 2.06 bits per heavy atom. The molecule has 0 atom stereocenters. The van der Waals surface area contributed by atoms with Crippen LogP contribution in [0.1, 0.15) is 12.0 Å². The Balaban J connectivity index is 2.51. The molecule has 1 aliphatic rings. The first kappa shape index (κ1) is 11.0. The number of rotatable bonds is 2. The van der Waals surface area contributed by atoms with Gasteiger partial charge in [0.05, 0.1) is 13.2 Å². The molecule has 0 spiro atoms. The predicted molar refractivity (Wildman–Crippen MR) is 54.5 cm³/mol. The van der Waals surface area contributed by atoms with E-state index in [0.717, 1.165) is 6.07 Å². The number of aliphatic hydroxyl groups is 1. The van der Waals surface area contributed by atoms with Crippen LogP contribution in [0.15, 0.2) is 6.07 Å². The van der Waals surface area contributed by atoms with Gasteiger partial charge in [-0.15, -0.1) is 0 Å². The average molecular weight is 228 g/mol. The molecule has 16 heavy (non-hydrogen) atoms. The third-order valence-electron chi connectivity index (χ3n) is 2.42. The first-order chi connectivity index (χ1) is 7.74. The van der Waals surface area contributed by atoms with E-state index in [9.17, 15) is 9.50 Å². The summed E-state index contributed by atoms with van der Waals surface area (Å²) in [5.41, 5.74) is 0.263. The minimum Gasteiger partial charge on any atom is -0.505 e. The maximum Gasteiger partial charge on any atom is 0.169 e. The molecule has 4 nitrogen and oxygen atoms in total. The highest BCUT2D eigenvalue weighted by molar-refractivity contribution is 5.54. The number of phenols is 1. The van der Waals surface area contributed by atoms with E-state index in [4.69, 9.17) is 14.6 Å². The number of ether oxygens (including phenoxy) is 2. The third-order valence-corrected chi connectivity index (χ3v) is 2.42. The molecule has 0 radical (unpaired) electrons. The van der Waals surface area contributed by atoms with Gasteiger partial charge in [-0.1, -0.05) is 0 Å². The van der Waals surface area contributed by atoms with Crippen molar-refractivity contribution >= 4 is 0 Å². The molecule has 88 valence electrons. The molecule has 5 heteroatoms. The summed E-state index contributed by atoms with van der Waals surface area (Å²) < 4.78 is 24.1. The molecule has 1 aromatic rings. The van der Waals surface area contributed by atoms with Gasteiger partial charge in [-0.25, -0.2) is 4.39 Å². The number of phenolic OH excluding ortho intramolecular Hbond substituents is 1. The van der Waals surface area contributed by atoms with Crippen LogP contribution >= 0.6 is 0 Å². The van der Waals surface area contributed by atoms with Gasteiger partial charge in [0, 0.05) is 31.1 Å². The van der Waals surface area contributed by atoms with Crippen molar-refractivity contribution in [3.8, 4) is 17.2 Å². The first-order valence-corrected chi connectivity index (χ1v) is 5.15. The molecule has 1 heterocycles. The Bertz CT molecular complexity index is 392. The summed E-state index contributed by atoms with van der Waals surface area (Å²) in [7, 11) is 0. The highest BCUT2D eigenvalue weighted by atomic mass is 19.1. The summed E-state index contributed by atoms with van der Waals surface area (Å²) >= 11 is 0. The third kappa shape index (κ3) is 1.90. The van der Waals surface area contributed by atoms with Crippen LogP contribution in [0.2, 0.25) is 0 Å². The number of halogens is 1. The lowest BCUT2D eigenvalue weighted by atomic mass is 10.1. The molecule has 0 fully saturated rings. The lowest BCUT2D eigenvalue weighted by Gasteiger charge is -2.13. The minimum atomic E-state index is -0.757. The molecule has 0 bridgehead atoms. The number of benzene rings is 1. The Labute approximate surface area is 92.2 Å². The summed E-state index contributed by atoms with van der Waals surface area (Å²) in [4.78, 5) is 0. The Hall–Kier alpha value is -1.49. The van der Waals surface area contributed by atoms with Gasteiger partial charge in [-0.05, 0) is 0 Å². The van der Waals surface area contributed by atoms with E-state index in [0.29, 0.717) is 25.4 Å². The fourth-order valence-corrected chi connectivity index (χ4v) is 1.67. The van der Waals surface area contributed by atoms with Gasteiger partial charge in [0.15, 0.2) is 23.1 Å². The van der Waals surface area contributed by atoms with E-state index in [1.807, 2.05) is 0 Å². The van der Waals surface area contributed by atoms with Crippen LogP contribution in [-0.4, -0.2) is 30.0 Å². The largest absolute Gasteiger partial charge is 0.505 e. The van der Waals surface area contributed by atoms with Crippen LogP contribution in [0.4, 0.5) is 4.39 Å². The summed E-state index contributed by atoms with van der Waals surface area (Å²) in [5.74, 6) is -0.604. The van der Waals surface area contributed by atoms with Crippen LogP contribution in [0, 0.1) is 5.82 Å². The summed E-state index contributed by atoms with van der Waals surface area (Å²) in [6.45, 7) is 0.721. The van der Waals surface area contributed by atoms with E-state index in [-0.39, 0.29) is 24.3 Å². The second-order valence-corrected chi connectivity index (χ2v) is 3.54. The van der Waals surface area contributed by atoms with Gasteiger partial charge in [0.25, 0.3) is 0 Å². The summed E-state index contributed by atoms with van der Waals surface area (Å²) in [5, 5.41) is 18.4. The molecular weight excluding hydrogens is 215 g/mol. The van der Waals surface area contributed by atoms with Crippen molar-refractivity contribution in [3.05, 3.63) is 17.4 Å². The Morgan fingerprint density at radius 1 is 1.31 bits per heavy atom. The first-order valence-electron chi connectivity index (χ1n) is 5.15. The van der Waals surface area contributed by atoms with Gasteiger partial charge in [0.2, 0.25) is 0 Å². The minimum absolute atomic E-state index is 0.134. The molecule has 0 unspecified atom stereocenters. The van der Waals surface area contributed by atoms with Crippen LogP contribution in [-0.2, 0) is 6.42 Å². The van der Waals surface area contributed by atoms with Gasteiger partial charge >= 0.3 is 0 Å². The highest BCUT2D eigenvalue weighted by Gasteiger charge is 2.21. The molecule has 1 aromatic carbocycles. The molecule has 0 amide bonds. The van der Waals surface area contributed by atoms with Crippen LogP contribution in [0.25, 0.3) is 0 Å². The molecular formula is C11H13FO4. The standard InChI is InChI=1S/C11H13FO4/c12-8-6-9-11(16-5-1-4-15-9)7(2-3-13)10(8)14/h6,13-14H,1-5H2. The molecule has 2 rings (SSSR count). The van der Waals surface area contributed by atoms with Crippen LogP contribution in [0.3, 0.4) is 0 Å². The van der Waals surface area contributed by atoms with Gasteiger partial charge < -0.3 is 19.7 Å². The molecule has 0 aliphatic carbocycles. The number of aromatic hydroxyl groups is 1. The van der Waals surface area contributed by atoms with Crippen molar-refractivity contribution in [1.82, 2.24) is 0 Å². The fraction of sp³-hybridized carbons (Fsp3) is 0.455. The van der Waals surface area contributed by atoms with E-state index >= 15 is 0 Å². The quantitative estimate of drug-likeness (QED) is 0.799. The number of hydrogen-bond acceptors (Lipinski definition) is 4. The van der Waals surface area contributed by atoms with Gasteiger partial charge in [-0.2, -0.15) is 0 Å². The second-order valence-electron chi connectivity index (χ2n) is 3.54. The zero-order valence-electron chi connectivity index (χ0n) is 8.70. The normalized spacial score (nSPS) is 14.6. The zero-order valence-corrected chi connectivity index (χ0v) is 8.70. The number of hydrogen-bond donors (Lipinski definition) is 2. The van der Waals surface area contributed by atoms with E-state index < -0.39 is 11.6 Å². The zero-order chi connectivity index (χ0) is 11.5. The van der Waals surface area contributed by atoms with Crippen LogP contribution in [0.5, 0.6) is 17.2 Å². The lowest BCUT2D eigenvalue weighted by Crippen LogP contribution is -2.01. The second kappa shape index (κ2) is 4.57. The smallest absolute Gasteiger partial charge is 0.169 e. The molecule has 0 saturated heterocycles. The van der Waals surface area contributed by atoms with Crippen LogP contribution < -0.4 is 9.47 Å². The molecule has 1 aliphatic heterocycles. The molecule has 0 aromatic heterocycles. The van der Waals surface area contributed by atoms with Gasteiger partial charge in [0.1, 0.15) is 0 Å². The fourth-order valence-electron chi connectivity index (χ4n) is 1.67. The van der Waals surface area contributed by atoms with Crippen molar-refractivity contribution in [2.75, 3.05) is 19.8 Å². The Morgan fingerprint density at radius 3 is 2.81 bits per heavy atom. The highest BCUT2D eigenvalue weighted by Crippen LogP contribution is 2.40. The number of fused-ring (bicyclic) bond motifs is 1. The number of aliphatic hydroxyl groups excluding tert-OH is 1.